The van der Waals surface area contributed by atoms with E-state index in [4.69, 9.17) is 0 Å². The Bertz CT molecular complexity index is 445. The van der Waals surface area contributed by atoms with Gasteiger partial charge in [-0.1, -0.05) is 12.1 Å². The molecule has 3 heteroatoms. The highest BCUT2D eigenvalue weighted by Gasteiger charge is 2.01. The van der Waals surface area contributed by atoms with E-state index in [1.165, 1.54) is 23.5 Å². The van der Waals surface area contributed by atoms with Crippen LogP contribution in [0.1, 0.15) is 4.88 Å². The number of rotatable bonds is 2. The minimum atomic E-state index is -0.258. The third-order valence-electron chi connectivity index (χ3n) is 1.88. The molecule has 0 aliphatic heterocycles. The van der Waals surface area contributed by atoms with Crippen LogP contribution in [0.15, 0.2) is 35.7 Å². The number of hydrogen-bond acceptors (Lipinski definition) is 2. The zero-order valence-corrected chi connectivity index (χ0v) is 7.98. The number of hydrogen-bond donors (Lipinski definition) is 0. The molecule has 0 spiro atoms. The van der Waals surface area contributed by atoms with Crippen LogP contribution in [0.4, 0.5) is 4.39 Å². The molecule has 0 amide bonds. The van der Waals surface area contributed by atoms with Crippen molar-refractivity contribution in [3.05, 3.63) is 46.4 Å². The summed E-state index contributed by atoms with van der Waals surface area (Å²) in [6, 6.07) is 7.91. The minimum absolute atomic E-state index is 0.258. The summed E-state index contributed by atoms with van der Waals surface area (Å²) in [4.78, 5) is 10.9. The van der Waals surface area contributed by atoms with Crippen molar-refractivity contribution in [2.45, 2.75) is 0 Å². The van der Waals surface area contributed by atoms with Gasteiger partial charge in [-0.05, 0) is 34.7 Å². The summed E-state index contributed by atoms with van der Waals surface area (Å²) in [7, 11) is 0. The van der Waals surface area contributed by atoms with Gasteiger partial charge in [0.05, 0.1) is 4.88 Å². The molecular weight excluding hydrogens is 199 g/mol. The first-order chi connectivity index (χ1) is 6.79. The van der Waals surface area contributed by atoms with Crippen LogP contribution in [-0.2, 0) is 4.79 Å². The fraction of sp³-hybridized carbons (Fsp3) is 0. The van der Waals surface area contributed by atoms with Gasteiger partial charge >= 0.3 is 0 Å². The number of benzene rings is 1. The molecule has 0 bridgehead atoms. The fourth-order valence-corrected chi connectivity index (χ4v) is 1.88. The van der Waals surface area contributed by atoms with Gasteiger partial charge in [-0.3, -0.25) is 4.79 Å². The van der Waals surface area contributed by atoms with Crippen molar-refractivity contribution in [3.63, 3.8) is 0 Å². The highest BCUT2D eigenvalue weighted by atomic mass is 32.1. The van der Waals surface area contributed by atoms with Crippen molar-refractivity contribution in [2.24, 2.45) is 0 Å². The van der Waals surface area contributed by atoms with Gasteiger partial charge in [0.1, 0.15) is 5.82 Å². The quantitative estimate of drug-likeness (QED) is 0.736. The van der Waals surface area contributed by atoms with Crippen LogP contribution in [0, 0.1) is 5.82 Å². The van der Waals surface area contributed by atoms with Crippen LogP contribution >= 0.6 is 11.3 Å². The smallest absolute Gasteiger partial charge is 0.244 e. The van der Waals surface area contributed by atoms with Crippen LogP contribution in [-0.4, -0.2) is 6.29 Å². The van der Waals surface area contributed by atoms with E-state index in [-0.39, 0.29) is 5.82 Å². The van der Waals surface area contributed by atoms with Crippen LogP contribution in [0.2, 0.25) is 0 Å². The van der Waals surface area contributed by atoms with Crippen molar-refractivity contribution in [3.8, 4) is 11.1 Å². The molecule has 0 N–H and O–H groups in total. The monoisotopic (exact) mass is 205 g/mol. The Morgan fingerprint density at radius 3 is 2.43 bits per heavy atom. The van der Waals surface area contributed by atoms with Gasteiger partial charge in [0.2, 0.25) is 6.29 Å². The maximum absolute atomic E-state index is 12.6. The van der Waals surface area contributed by atoms with E-state index < -0.39 is 0 Å². The van der Waals surface area contributed by atoms with Crippen molar-refractivity contribution >= 4 is 17.6 Å². The van der Waals surface area contributed by atoms with Crippen molar-refractivity contribution in [2.75, 3.05) is 0 Å². The molecule has 0 unspecified atom stereocenters. The zero-order chi connectivity index (χ0) is 9.97. The maximum atomic E-state index is 12.6. The Morgan fingerprint density at radius 1 is 1.14 bits per heavy atom. The Labute approximate surface area is 84.8 Å². The Morgan fingerprint density at radius 2 is 1.86 bits per heavy atom. The predicted molar refractivity (Wildman–Crippen MR) is 54.5 cm³/mol. The molecule has 0 atom stereocenters. The standard InChI is InChI=1S/C11H6FOS/c12-10-3-1-8(2-4-10)9-5-11(6-13)14-7-9/h1-5,7H. The second-order valence-corrected chi connectivity index (χ2v) is 3.72. The van der Waals surface area contributed by atoms with E-state index >= 15 is 0 Å². The summed E-state index contributed by atoms with van der Waals surface area (Å²) >= 11 is 1.33. The molecule has 14 heavy (non-hydrogen) atoms. The molecule has 0 aliphatic carbocycles. The van der Waals surface area contributed by atoms with Gasteiger partial charge < -0.3 is 0 Å². The lowest BCUT2D eigenvalue weighted by Gasteiger charge is -1.95. The molecule has 0 saturated carbocycles. The second kappa shape index (κ2) is 3.72. The van der Waals surface area contributed by atoms with Crippen LogP contribution in [0.5, 0.6) is 0 Å². The largest absolute Gasteiger partial charge is 0.284 e. The molecule has 0 saturated heterocycles. The van der Waals surface area contributed by atoms with E-state index in [9.17, 15) is 9.18 Å². The highest BCUT2D eigenvalue weighted by Crippen LogP contribution is 2.24. The summed E-state index contributed by atoms with van der Waals surface area (Å²) < 4.78 is 12.6. The average molecular weight is 205 g/mol. The summed E-state index contributed by atoms with van der Waals surface area (Å²) in [5, 5.41) is 1.85. The van der Waals surface area contributed by atoms with Gasteiger partial charge in [0.15, 0.2) is 0 Å². The van der Waals surface area contributed by atoms with Gasteiger partial charge in [0, 0.05) is 0 Å². The zero-order valence-electron chi connectivity index (χ0n) is 7.16. The van der Waals surface area contributed by atoms with Crippen molar-refractivity contribution < 1.29 is 9.18 Å². The number of thiophene rings is 1. The van der Waals surface area contributed by atoms with E-state index in [2.05, 4.69) is 0 Å². The van der Waals surface area contributed by atoms with Crippen molar-refractivity contribution in [1.82, 2.24) is 0 Å². The number of carbonyl (C=O) groups excluding carboxylic acids is 1. The molecule has 1 heterocycles. The molecule has 1 aromatic heterocycles. The average Bonchev–Trinajstić information content (AvgIpc) is 2.67. The van der Waals surface area contributed by atoms with E-state index in [1.807, 2.05) is 11.7 Å². The van der Waals surface area contributed by atoms with Crippen LogP contribution in [0.25, 0.3) is 11.1 Å². The van der Waals surface area contributed by atoms with E-state index in [1.54, 1.807) is 18.2 Å². The van der Waals surface area contributed by atoms with Gasteiger partial charge in [-0.15, -0.1) is 11.3 Å². The SMILES string of the molecule is O=[C]c1cc(-c2ccc(F)cc2)cs1. The Kier molecular flexibility index (Phi) is 2.41. The normalized spacial score (nSPS) is 10.1. The highest BCUT2D eigenvalue weighted by molar-refractivity contribution is 7.12. The van der Waals surface area contributed by atoms with Crippen LogP contribution < -0.4 is 0 Å². The lowest BCUT2D eigenvalue weighted by atomic mass is 10.1. The topological polar surface area (TPSA) is 17.1 Å². The first-order valence-electron chi connectivity index (χ1n) is 4.02. The van der Waals surface area contributed by atoms with E-state index in [0.717, 1.165) is 11.1 Å². The third kappa shape index (κ3) is 1.72. The number of halogens is 1. The van der Waals surface area contributed by atoms with Gasteiger partial charge in [-0.2, -0.15) is 0 Å². The molecule has 1 radical (unpaired) electrons. The lowest BCUT2D eigenvalue weighted by molar-refractivity contribution is 0.563. The minimum Gasteiger partial charge on any atom is -0.284 e. The molecule has 0 fully saturated rings. The summed E-state index contributed by atoms with van der Waals surface area (Å²) in [6.07, 6.45) is 1.82. The fourth-order valence-electron chi connectivity index (χ4n) is 1.18. The lowest BCUT2D eigenvalue weighted by Crippen LogP contribution is -1.75. The van der Waals surface area contributed by atoms with Gasteiger partial charge in [-0.25, -0.2) is 4.39 Å². The maximum Gasteiger partial charge on any atom is 0.244 e. The predicted octanol–water partition coefficient (Wildman–Crippen LogP) is 3.01. The first-order valence-corrected chi connectivity index (χ1v) is 4.90. The molecule has 1 nitrogen and oxygen atoms in total. The van der Waals surface area contributed by atoms with Crippen molar-refractivity contribution in [1.29, 1.82) is 0 Å². The molecular formula is C11H6FOS. The third-order valence-corrected chi connectivity index (χ3v) is 2.70. The Balaban J connectivity index is 2.39. The second-order valence-electron chi connectivity index (χ2n) is 2.81. The summed E-state index contributed by atoms with van der Waals surface area (Å²) in [6.45, 7) is 0. The van der Waals surface area contributed by atoms with Gasteiger partial charge in [0.25, 0.3) is 0 Å². The molecule has 2 rings (SSSR count). The molecule has 1 aromatic carbocycles. The Hall–Kier alpha value is -1.48. The van der Waals surface area contributed by atoms with Crippen LogP contribution in [0.3, 0.4) is 0 Å². The van der Waals surface area contributed by atoms with E-state index in [0.29, 0.717) is 4.88 Å². The first kappa shape index (κ1) is 9.09. The molecule has 69 valence electrons. The molecule has 2 aromatic rings. The summed E-state index contributed by atoms with van der Waals surface area (Å²) in [5.74, 6) is -0.258. The molecule has 0 aliphatic rings. The summed E-state index contributed by atoms with van der Waals surface area (Å²) in [5.41, 5.74) is 1.83.